The lowest BCUT2D eigenvalue weighted by Gasteiger charge is -2.27. The van der Waals surface area contributed by atoms with Crippen LogP contribution in [0.2, 0.25) is 5.02 Å². The molecule has 1 atom stereocenters. The second kappa shape index (κ2) is 6.92. The van der Waals surface area contributed by atoms with Crippen molar-refractivity contribution in [2.24, 2.45) is 0 Å². The van der Waals surface area contributed by atoms with Crippen molar-refractivity contribution in [3.8, 4) is 5.75 Å². The van der Waals surface area contributed by atoms with Crippen LogP contribution >= 0.6 is 11.6 Å². The summed E-state index contributed by atoms with van der Waals surface area (Å²) in [5.41, 5.74) is 1.19. The average Bonchev–Trinajstić information content (AvgIpc) is 2.88. The summed E-state index contributed by atoms with van der Waals surface area (Å²) in [4.78, 5) is 25.6. The topological polar surface area (TPSA) is 65.1 Å². The Morgan fingerprint density at radius 1 is 1.28 bits per heavy atom. The van der Waals surface area contributed by atoms with E-state index in [0.29, 0.717) is 24.0 Å². The van der Waals surface area contributed by atoms with Crippen LogP contribution in [0.1, 0.15) is 25.7 Å². The molecule has 2 aliphatic rings. The zero-order valence-corrected chi connectivity index (χ0v) is 14.6. The number of carbonyl (C=O) groups is 2. The van der Waals surface area contributed by atoms with Gasteiger partial charge in [-0.3, -0.25) is 9.69 Å². The van der Waals surface area contributed by atoms with Crippen LogP contribution in [0.4, 0.5) is 14.9 Å². The lowest BCUT2D eigenvalue weighted by Crippen LogP contribution is -2.39. The number of benzene rings is 1. The lowest BCUT2D eigenvalue weighted by atomic mass is 9.93. The van der Waals surface area contributed by atoms with Gasteiger partial charge in [0.05, 0.1) is 24.9 Å². The lowest BCUT2D eigenvalue weighted by molar-refractivity contribution is -0.115. The molecule has 1 heterocycles. The summed E-state index contributed by atoms with van der Waals surface area (Å²) in [7, 11) is 2.56. The molecule has 1 aliphatic carbocycles. The van der Waals surface area contributed by atoms with Crippen LogP contribution in [-0.4, -0.2) is 32.5 Å². The van der Waals surface area contributed by atoms with E-state index in [1.54, 1.807) is 0 Å². The Hall–Kier alpha value is -2.28. The molecule has 1 unspecified atom stereocenters. The summed E-state index contributed by atoms with van der Waals surface area (Å²) >= 11 is 5.93. The summed E-state index contributed by atoms with van der Waals surface area (Å²) in [5.74, 6) is -0.878. The molecule has 6 nitrogen and oxygen atoms in total. The number of amides is 1. The van der Waals surface area contributed by atoms with Crippen LogP contribution in [0.25, 0.3) is 0 Å². The molecule has 0 saturated carbocycles. The average molecular weight is 370 g/mol. The quantitative estimate of drug-likeness (QED) is 0.758. The minimum atomic E-state index is -1.03. The third-order valence-electron chi connectivity index (χ3n) is 4.38. The van der Waals surface area contributed by atoms with Gasteiger partial charge in [0.25, 0.3) is 5.91 Å². The standard InChI is InChI=1S/C17H17ClFNO5/c1-23-14-8-13(12(19)7-11(14)18)20-15(21)9-5-3-4-6-10(9)16(20)25-17(22)24-2/h7-8,16H,3-6H2,1-2H3. The maximum atomic E-state index is 14.5. The largest absolute Gasteiger partial charge is 0.510 e. The molecule has 1 aromatic rings. The molecule has 0 N–H and O–H groups in total. The van der Waals surface area contributed by atoms with Gasteiger partial charge >= 0.3 is 6.16 Å². The van der Waals surface area contributed by atoms with Gasteiger partial charge < -0.3 is 14.2 Å². The highest BCUT2D eigenvalue weighted by molar-refractivity contribution is 6.32. The molecule has 0 fully saturated rings. The van der Waals surface area contributed by atoms with Gasteiger partial charge in [-0.05, 0) is 31.7 Å². The van der Waals surface area contributed by atoms with Crippen molar-refractivity contribution in [1.29, 1.82) is 0 Å². The second-order valence-corrected chi connectivity index (χ2v) is 6.16. The zero-order valence-electron chi connectivity index (χ0n) is 13.8. The Morgan fingerprint density at radius 3 is 2.68 bits per heavy atom. The van der Waals surface area contributed by atoms with Gasteiger partial charge in [0.1, 0.15) is 11.6 Å². The molecule has 0 aromatic heterocycles. The van der Waals surface area contributed by atoms with Crippen LogP contribution in [0.3, 0.4) is 0 Å². The van der Waals surface area contributed by atoms with Crippen LogP contribution in [-0.2, 0) is 14.3 Å². The number of nitrogens with zero attached hydrogens (tertiary/aromatic N) is 1. The zero-order chi connectivity index (χ0) is 18.1. The van der Waals surface area contributed by atoms with Crippen molar-refractivity contribution in [3.63, 3.8) is 0 Å². The first-order chi connectivity index (χ1) is 12.0. The van der Waals surface area contributed by atoms with Crippen molar-refractivity contribution in [2.75, 3.05) is 19.1 Å². The summed E-state index contributed by atoms with van der Waals surface area (Å²) < 4.78 is 29.5. The van der Waals surface area contributed by atoms with E-state index in [2.05, 4.69) is 4.74 Å². The van der Waals surface area contributed by atoms with Gasteiger partial charge in [-0.1, -0.05) is 11.6 Å². The van der Waals surface area contributed by atoms with Gasteiger partial charge in [0, 0.05) is 17.2 Å². The summed E-state index contributed by atoms with van der Waals surface area (Å²) in [6, 6.07) is 2.39. The molecule has 3 rings (SSSR count). The molecule has 1 aliphatic heterocycles. The first-order valence-electron chi connectivity index (χ1n) is 7.81. The van der Waals surface area contributed by atoms with Gasteiger partial charge in [-0.25, -0.2) is 9.18 Å². The SMILES string of the molecule is COC(=O)OC1C2=C(CCCC2)C(=O)N1c1cc(OC)c(Cl)cc1F. The number of carbonyl (C=O) groups excluding carboxylic acids is 2. The fraction of sp³-hybridized carbons (Fsp3) is 0.412. The summed E-state index contributed by atoms with van der Waals surface area (Å²) in [6.45, 7) is 0. The van der Waals surface area contributed by atoms with Gasteiger partial charge in [-0.15, -0.1) is 0 Å². The number of ether oxygens (including phenoxy) is 3. The molecule has 1 amide bonds. The highest BCUT2D eigenvalue weighted by Gasteiger charge is 2.44. The van der Waals surface area contributed by atoms with E-state index in [9.17, 15) is 14.0 Å². The Balaban J connectivity index is 2.07. The van der Waals surface area contributed by atoms with Crippen LogP contribution < -0.4 is 9.64 Å². The van der Waals surface area contributed by atoms with E-state index in [1.165, 1.54) is 20.3 Å². The molecular formula is C17H17ClFNO5. The van der Waals surface area contributed by atoms with E-state index in [1.807, 2.05) is 0 Å². The fourth-order valence-electron chi connectivity index (χ4n) is 3.21. The number of anilines is 1. The number of halogens is 2. The molecular weight excluding hydrogens is 353 g/mol. The van der Waals surface area contributed by atoms with Crippen molar-refractivity contribution < 1.29 is 28.2 Å². The fourth-order valence-corrected chi connectivity index (χ4v) is 3.44. The minimum absolute atomic E-state index is 0.0606. The third kappa shape index (κ3) is 3.04. The Labute approximate surface area is 149 Å². The van der Waals surface area contributed by atoms with Crippen molar-refractivity contribution in [3.05, 3.63) is 34.1 Å². The predicted molar refractivity (Wildman–Crippen MR) is 88.2 cm³/mol. The monoisotopic (exact) mass is 369 g/mol. The third-order valence-corrected chi connectivity index (χ3v) is 4.67. The van der Waals surface area contributed by atoms with E-state index in [4.69, 9.17) is 21.1 Å². The molecule has 0 saturated heterocycles. The smallest absolute Gasteiger partial charge is 0.495 e. The van der Waals surface area contributed by atoms with Crippen LogP contribution in [0, 0.1) is 5.82 Å². The molecule has 0 bridgehead atoms. The maximum Gasteiger partial charge on any atom is 0.510 e. The number of hydrogen-bond donors (Lipinski definition) is 0. The highest BCUT2D eigenvalue weighted by Crippen LogP contribution is 2.42. The van der Waals surface area contributed by atoms with Crippen molar-refractivity contribution in [2.45, 2.75) is 31.9 Å². The molecule has 8 heteroatoms. The van der Waals surface area contributed by atoms with Crippen molar-refractivity contribution >= 4 is 29.4 Å². The second-order valence-electron chi connectivity index (χ2n) is 5.75. The minimum Gasteiger partial charge on any atom is -0.495 e. The Morgan fingerprint density at radius 2 is 2.00 bits per heavy atom. The van der Waals surface area contributed by atoms with E-state index >= 15 is 0 Å². The first-order valence-corrected chi connectivity index (χ1v) is 8.18. The normalized spacial score (nSPS) is 19.8. The van der Waals surface area contributed by atoms with Crippen molar-refractivity contribution in [1.82, 2.24) is 0 Å². The van der Waals surface area contributed by atoms with E-state index in [-0.39, 0.29) is 22.4 Å². The molecule has 25 heavy (non-hydrogen) atoms. The summed E-state index contributed by atoms with van der Waals surface area (Å²) in [6.07, 6.45) is 0.923. The maximum absolute atomic E-state index is 14.5. The molecule has 1 aromatic carbocycles. The van der Waals surface area contributed by atoms with Gasteiger partial charge in [0.15, 0.2) is 0 Å². The summed E-state index contributed by atoms with van der Waals surface area (Å²) in [5, 5.41) is 0.0820. The highest BCUT2D eigenvalue weighted by atomic mass is 35.5. The van der Waals surface area contributed by atoms with Gasteiger partial charge in [0.2, 0.25) is 6.23 Å². The molecule has 0 spiro atoms. The first kappa shape index (κ1) is 17.5. The Bertz CT molecular complexity index is 764. The predicted octanol–water partition coefficient (Wildman–Crippen LogP) is 3.81. The van der Waals surface area contributed by atoms with Crippen LogP contribution in [0.5, 0.6) is 5.75 Å². The van der Waals surface area contributed by atoms with E-state index in [0.717, 1.165) is 23.8 Å². The van der Waals surface area contributed by atoms with Gasteiger partial charge in [-0.2, -0.15) is 0 Å². The number of rotatable bonds is 3. The Kier molecular flexibility index (Phi) is 4.85. The number of hydrogen-bond acceptors (Lipinski definition) is 5. The van der Waals surface area contributed by atoms with Crippen LogP contribution in [0.15, 0.2) is 23.3 Å². The number of methoxy groups -OCH3 is 2. The van der Waals surface area contributed by atoms with E-state index < -0.39 is 18.2 Å². The molecule has 0 radical (unpaired) electrons. The molecule has 134 valence electrons.